The van der Waals surface area contributed by atoms with Crippen LogP contribution in [0.4, 0.5) is 0 Å². The Bertz CT molecular complexity index is 436. The molecule has 4 nitrogen and oxygen atoms in total. The number of hydrogen-bond acceptors (Lipinski definition) is 3. The molecule has 1 aromatic rings. The van der Waals surface area contributed by atoms with Crippen molar-refractivity contribution in [2.24, 2.45) is 0 Å². The molecular weight excluding hydrogens is 288 g/mol. The number of carbonyl (C=O) groups excluding carboxylic acids is 1. The number of ether oxygens (including phenoxy) is 1. The fraction of sp³-hybridized carbons (Fsp3) is 0.562. The summed E-state index contributed by atoms with van der Waals surface area (Å²) in [7, 11) is 1.66. The lowest BCUT2D eigenvalue weighted by Crippen LogP contribution is -2.46. The Kier molecular flexibility index (Phi) is 7.54. The van der Waals surface area contributed by atoms with Crippen molar-refractivity contribution in [2.45, 2.75) is 44.7 Å². The minimum absolute atomic E-state index is 0. The van der Waals surface area contributed by atoms with E-state index in [9.17, 15) is 4.79 Å². The van der Waals surface area contributed by atoms with Gasteiger partial charge in [-0.1, -0.05) is 12.1 Å². The Morgan fingerprint density at radius 3 is 2.71 bits per heavy atom. The lowest BCUT2D eigenvalue weighted by Gasteiger charge is -2.28. The normalized spacial score (nSPS) is 21.2. The summed E-state index contributed by atoms with van der Waals surface area (Å²) in [6.45, 7) is 3.15. The molecule has 2 atom stereocenters. The average molecular weight is 313 g/mol. The third kappa shape index (κ3) is 5.94. The third-order valence-electron chi connectivity index (χ3n) is 3.79. The van der Waals surface area contributed by atoms with E-state index in [1.165, 1.54) is 5.56 Å². The first-order valence-electron chi connectivity index (χ1n) is 7.33. The summed E-state index contributed by atoms with van der Waals surface area (Å²) in [6, 6.07) is 8.71. The smallest absolute Gasteiger partial charge is 0.220 e. The Morgan fingerprint density at radius 1 is 1.38 bits per heavy atom. The number of hydrogen-bond donors (Lipinski definition) is 2. The van der Waals surface area contributed by atoms with Crippen LogP contribution in [0.2, 0.25) is 0 Å². The van der Waals surface area contributed by atoms with Gasteiger partial charge in [-0.3, -0.25) is 4.79 Å². The standard InChI is InChI=1S/C16H24N2O2.ClH/c1-12-11-14(9-10-17-12)18-16(19)8-5-13-3-6-15(20-2)7-4-13;/h3-4,6-7,12,14,17H,5,8-11H2,1-2H3,(H,18,19);1H. The summed E-state index contributed by atoms with van der Waals surface area (Å²) in [5.74, 6) is 1.00. The summed E-state index contributed by atoms with van der Waals surface area (Å²) >= 11 is 0. The van der Waals surface area contributed by atoms with E-state index in [-0.39, 0.29) is 18.3 Å². The first kappa shape index (κ1) is 17.8. The van der Waals surface area contributed by atoms with Crippen LogP contribution in [0.1, 0.15) is 31.7 Å². The van der Waals surface area contributed by atoms with Gasteiger partial charge in [-0.05, 0) is 50.4 Å². The van der Waals surface area contributed by atoms with E-state index >= 15 is 0 Å². The highest BCUT2D eigenvalue weighted by molar-refractivity contribution is 5.85. The number of amides is 1. The summed E-state index contributed by atoms with van der Waals surface area (Å²) in [5.41, 5.74) is 1.17. The largest absolute Gasteiger partial charge is 0.497 e. The number of rotatable bonds is 5. The van der Waals surface area contributed by atoms with Crippen molar-refractivity contribution in [1.82, 2.24) is 10.6 Å². The number of benzene rings is 1. The van der Waals surface area contributed by atoms with Crippen LogP contribution in [0, 0.1) is 0 Å². The van der Waals surface area contributed by atoms with Crippen LogP contribution < -0.4 is 15.4 Å². The van der Waals surface area contributed by atoms with E-state index in [0.29, 0.717) is 18.5 Å². The second-order valence-electron chi connectivity index (χ2n) is 5.49. The molecule has 0 aliphatic carbocycles. The number of nitrogens with one attached hydrogen (secondary N) is 2. The SMILES string of the molecule is COc1ccc(CCC(=O)NC2CCNC(C)C2)cc1.Cl. The lowest BCUT2D eigenvalue weighted by molar-refractivity contribution is -0.122. The Hall–Kier alpha value is -1.26. The van der Waals surface area contributed by atoms with Crippen LogP contribution in [-0.2, 0) is 11.2 Å². The summed E-state index contributed by atoms with van der Waals surface area (Å²) < 4.78 is 5.12. The summed E-state index contributed by atoms with van der Waals surface area (Å²) in [5, 5.41) is 6.53. The second-order valence-corrected chi connectivity index (χ2v) is 5.49. The first-order chi connectivity index (χ1) is 9.67. The molecule has 2 N–H and O–H groups in total. The molecule has 21 heavy (non-hydrogen) atoms. The van der Waals surface area contributed by atoms with Gasteiger partial charge in [-0.15, -0.1) is 12.4 Å². The zero-order chi connectivity index (χ0) is 14.4. The maximum atomic E-state index is 12.0. The summed E-state index contributed by atoms with van der Waals surface area (Å²) in [6.07, 6.45) is 3.37. The molecule has 0 spiro atoms. The van der Waals surface area contributed by atoms with Gasteiger partial charge in [0.05, 0.1) is 7.11 Å². The molecular formula is C16H25ClN2O2. The number of halogens is 1. The minimum Gasteiger partial charge on any atom is -0.497 e. The third-order valence-corrected chi connectivity index (χ3v) is 3.79. The average Bonchev–Trinajstić information content (AvgIpc) is 2.46. The van der Waals surface area contributed by atoms with E-state index < -0.39 is 0 Å². The topological polar surface area (TPSA) is 50.4 Å². The van der Waals surface area contributed by atoms with Gasteiger partial charge >= 0.3 is 0 Å². The summed E-state index contributed by atoms with van der Waals surface area (Å²) in [4.78, 5) is 12.0. The Morgan fingerprint density at radius 2 is 2.10 bits per heavy atom. The fourth-order valence-electron chi connectivity index (χ4n) is 2.61. The van der Waals surface area contributed by atoms with Gasteiger partial charge in [0, 0.05) is 18.5 Å². The molecule has 1 aliphatic rings. The zero-order valence-electron chi connectivity index (χ0n) is 12.7. The molecule has 0 radical (unpaired) electrons. The van der Waals surface area contributed by atoms with Gasteiger partial charge in [0.1, 0.15) is 5.75 Å². The highest BCUT2D eigenvalue weighted by Gasteiger charge is 2.19. The van der Waals surface area contributed by atoms with Crippen LogP contribution in [0.5, 0.6) is 5.75 Å². The van der Waals surface area contributed by atoms with Crippen molar-refractivity contribution in [3.63, 3.8) is 0 Å². The number of aryl methyl sites for hydroxylation is 1. The van der Waals surface area contributed by atoms with E-state index in [1.807, 2.05) is 24.3 Å². The molecule has 1 saturated heterocycles. The molecule has 2 unspecified atom stereocenters. The molecule has 1 amide bonds. The van der Waals surface area contributed by atoms with Crippen molar-refractivity contribution in [1.29, 1.82) is 0 Å². The second kappa shape index (κ2) is 8.90. The van der Waals surface area contributed by atoms with E-state index in [4.69, 9.17) is 4.74 Å². The van der Waals surface area contributed by atoms with Crippen LogP contribution >= 0.6 is 12.4 Å². The quantitative estimate of drug-likeness (QED) is 0.877. The highest BCUT2D eigenvalue weighted by Crippen LogP contribution is 2.13. The van der Waals surface area contributed by atoms with Gasteiger partial charge in [-0.25, -0.2) is 0 Å². The van der Waals surface area contributed by atoms with Crippen LogP contribution in [0.15, 0.2) is 24.3 Å². The maximum Gasteiger partial charge on any atom is 0.220 e. The first-order valence-corrected chi connectivity index (χ1v) is 7.33. The molecule has 0 saturated carbocycles. The predicted molar refractivity (Wildman–Crippen MR) is 87.2 cm³/mol. The minimum atomic E-state index is 0. The zero-order valence-corrected chi connectivity index (χ0v) is 13.5. The van der Waals surface area contributed by atoms with E-state index in [1.54, 1.807) is 7.11 Å². The Labute approximate surface area is 133 Å². The van der Waals surface area contributed by atoms with Crippen molar-refractivity contribution in [3.05, 3.63) is 29.8 Å². The predicted octanol–water partition coefficient (Wildman–Crippen LogP) is 2.31. The number of piperidine rings is 1. The molecule has 2 rings (SSSR count). The van der Waals surface area contributed by atoms with Crippen molar-refractivity contribution in [3.8, 4) is 5.75 Å². The maximum absolute atomic E-state index is 12.0. The van der Waals surface area contributed by atoms with Crippen LogP contribution in [-0.4, -0.2) is 31.6 Å². The molecule has 0 bridgehead atoms. The van der Waals surface area contributed by atoms with Gasteiger partial charge in [0.25, 0.3) is 0 Å². The van der Waals surface area contributed by atoms with E-state index in [2.05, 4.69) is 17.6 Å². The van der Waals surface area contributed by atoms with Crippen molar-refractivity contribution >= 4 is 18.3 Å². The number of carbonyl (C=O) groups is 1. The van der Waals surface area contributed by atoms with Gasteiger partial charge in [-0.2, -0.15) is 0 Å². The molecule has 5 heteroatoms. The van der Waals surface area contributed by atoms with Crippen LogP contribution in [0.25, 0.3) is 0 Å². The Balaban J connectivity index is 0.00000220. The number of methoxy groups -OCH3 is 1. The van der Waals surface area contributed by atoms with Crippen LogP contribution in [0.3, 0.4) is 0 Å². The van der Waals surface area contributed by atoms with Gasteiger partial charge in [0.2, 0.25) is 5.91 Å². The molecule has 1 fully saturated rings. The van der Waals surface area contributed by atoms with Gasteiger partial charge in [0.15, 0.2) is 0 Å². The molecule has 0 aromatic heterocycles. The highest BCUT2D eigenvalue weighted by atomic mass is 35.5. The molecule has 1 aromatic carbocycles. The van der Waals surface area contributed by atoms with Gasteiger partial charge < -0.3 is 15.4 Å². The van der Waals surface area contributed by atoms with E-state index in [0.717, 1.165) is 31.6 Å². The molecule has 118 valence electrons. The molecule has 1 aliphatic heterocycles. The molecule has 1 heterocycles. The lowest BCUT2D eigenvalue weighted by atomic mass is 10.0. The van der Waals surface area contributed by atoms with Crippen molar-refractivity contribution in [2.75, 3.05) is 13.7 Å². The monoisotopic (exact) mass is 312 g/mol. The fourth-order valence-corrected chi connectivity index (χ4v) is 2.61. The van der Waals surface area contributed by atoms with Crippen molar-refractivity contribution < 1.29 is 9.53 Å².